The molecule has 5 heteroatoms. The minimum absolute atomic E-state index is 0.0468. The molecule has 0 spiro atoms. The maximum absolute atomic E-state index is 13.8. The minimum atomic E-state index is -0.307. The van der Waals surface area contributed by atoms with Crippen LogP contribution in [0.25, 0.3) is 5.65 Å². The lowest BCUT2D eigenvalue weighted by Crippen LogP contribution is -2.33. The van der Waals surface area contributed by atoms with Gasteiger partial charge in [-0.2, -0.15) is 0 Å². The van der Waals surface area contributed by atoms with Crippen LogP contribution in [0, 0.1) is 5.82 Å². The predicted octanol–water partition coefficient (Wildman–Crippen LogP) is 3.91. The largest absolute Gasteiger partial charge is 0.354 e. The molecule has 25 heavy (non-hydrogen) atoms. The van der Waals surface area contributed by atoms with Crippen LogP contribution in [-0.4, -0.2) is 21.3 Å². The van der Waals surface area contributed by atoms with Crippen molar-refractivity contribution in [3.63, 3.8) is 0 Å². The van der Waals surface area contributed by atoms with Gasteiger partial charge in [-0.1, -0.05) is 25.1 Å². The smallest absolute Gasteiger partial charge is 0.221 e. The number of imidazole rings is 1. The van der Waals surface area contributed by atoms with E-state index in [0.717, 1.165) is 23.3 Å². The summed E-state index contributed by atoms with van der Waals surface area (Å²) in [4.78, 5) is 16.9. The van der Waals surface area contributed by atoms with Gasteiger partial charge < -0.3 is 9.72 Å². The number of aromatic nitrogens is 2. The molecule has 0 bridgehead atoms. The highest BCUT2D eigenvalue weighted by molar-refractivity contribution is 5.77. The third-order valence-electron chi connectivity index (χ3n) is 4.46. The summed E-state index contributed by atoms with van der Waals surface area (Å²) in [6.45, 7) is 4.00. The minimum Gasteiger partial charge on any atom is -0.354 e. The van der Waals surface area contributed by atoms with Crippen molar-refractivity contribution < 1.29 is 9.18 Å². The SMILES string of the molecule is CCC(C)NC(=O)CC(c1cccc(F)c1)c1cnc2ccccn12. The number of carbonyl (C=O) groups excluding carboxylic acids is 1. The van der Waals surface area contributed by atoms with Crippen molar-refractivity contribution in [1.82, 2.24) is 14.7 Å². The molecule has 0 fully saturated rings. The van der Waals surface area contributed by atoms with Crippen LogP contribution in [0.1, 0.15) is 43.9 Å². The van der Waals surface area contributed by atoms with Gasteiger partial charge in [0.25, 0.3) is 0 Å². The zero-order valence-electron chi connectivity index (χ0n) is 14.4. The molecule has 0 radical (unpaired) electrons. The zero-order chi connectivity index (χ0) is 17.8. The number of nitrogens with one attached hydrogen (secondary N) is 1. The van der Waals surface area contributed by atoms with E-state index < -0.39 is 0 Å². The third-order valence-corrected chi connectivity index (χ3v) is 4.46. The second kappa shape index (κ2) is 7.47. The van der Waals surface area contributed by atoms with Crippen LogP contribution in [0.3, 0.4) is 0 Å². The first kappa shape index (κ1) is 17.1. The fourth-order valence-corrected chi connectivity index (χ4v) is 2.95. The molecule has 0 aliphatic carbocycles. The van der Waals surface area contributed by atoms with Crippen LogP contribution < -0.4 is 5.32 Å². The van der Waals surface area contributed by atoms with E-state index >= 15 is 0 Å². The van der Waals surface area contributed by atoms with Gasteiger partial charge in [-0.3, -0.25) is 4.79 Å². The quantitative estimate of drug-likeness (QED) is 0.740. The summed E-state index contributed by atoms with van der Waals surface area (Å²) in [6.07, 6.45) is 4.79. The molecular formula is C20H22FN3O. The van der Waals surface area contributed by atoms with Crippen molar-refractivity contribution >= 4 is 11.6 Å². The number of benzene rings is 1. The lowest BCUT2D eigenvalue weighted by Gasteiger charge is -2.19. The molecule has 0 aliphatic heterocycles. The molecule has 1 N–H and O–H groups in total. The second-order valence-corrected chi connectivity index (χ2v) is 6.30. The molecule has 2 atom stereocenters. The highest BCUT2D eigenvalue weighted by atomic mass is 19.1. The summed E-state index contributed by atoms with van der Waals surface area (Å²) in [5.74, 6) is -0.620. The highest BCUT2D eigenvalue weighted by Crippen LogP contribution is 2.29. The number of hydrogen-bond acceptors (Lipinski definition) is 2. The summed E-state index contributed by atoms with van der Waals surface area (Å²) >= 11 is 0. The first-order chi connectivity index (χ1) is 12.1. The second-order valence-electron chi connectivity index (χ2n) is 6.30. The number of amides is 1. The number of halogens is 1. The van der Waals surface area contributed by atoms with E-state index in [1.54, 1.807) is 12.3 Å². The predicted molar refractivity (Wildman–Crippen MR) is 95.9 cm³/mol. The van der Waals surface area contributed by atoms with Crippen LogP contribution in [0.4, 0.5) is 4.39 Å². The van der Waals surface area contributed by atoms with E-state index in [1.807, 2.05) is 48.7 Å². The van der Waals surface area contributed by atoms with Gasteiger partial charge in [0.1, 0.15) is 11.5 Å². The molecule has 130 valence electrons. The normalized spacial score (nSPS) is 13.6. The molecule has 3 rings (SSSR count). The first-order valence-corrected chi connectivity index (χ1v) is 8.55. The topological polar surface area (TPSA) is 46.4 Å². The van der Waals surface area contributed by atoms with Gasteiger partial charge in [0.15, 0.2) is 0 Å². The Labute approximate surface area is 146 Å². The molecule has 1 aromatic carbocycles. The van der Waals surface area contributed by atoms with Crippen molar-refractivity contribution in [3.05, 3.63) is 71.9 Å². The van der Waals surface area contributed by atoms with Gasteiger partial charge in [-0.15, -0.1) is 0 Å². The molecule has 3 aromatic rings. The van der Waals surface area contributed by atoms with E-state index in [1.165, 1.54) is 12.1 Å². The van der Waals surface area contributed by atoms with E-state index in [-0.39, 0.29) is 30.1 Å². The summed E-state index contributed by atoms with van der Waals surface area (Å²) in [5.41, 5.74) is 2.45. The Hall–Kier alpha value is -2.69. The summed E-state index contributed by atoms with van der Waals surface area (Å²) in [7, 11) is 0. The molecule has 1 amide bonds. The Morgan fingerprint density at radius 1 is 1.28 bits per heavy atom. The maximum atomic E-state index is 13.8. The molecule has 4 nitrogen and oxygen atoms in total. The molecule has 2 unspecified atom stereocenters. The Bertz CT molecular complexity index is 874. The molecule has 2 heterocycles. The number of carbonyl (C=O) groups is 1. The van der Waals surface area contributed by atoms with Gasteiger partial charge >= 0.3 is 0 Å². The van der Waals surface area contributed by atoms with E-state index in [4.69, 9.17) is 0 Å². The summed E-state index contributed by atoms with van der Waals surface area (Å²) in [5, 5.41) is 2.99. The fourth-order valence-electron chi connectivity index (χ4n) is 2.95. The zero-order valence-corrected chi connectivity index (χ0v) is 14.4. The van der Waals surface area contributed by atoms with Gasteiger partial charge in [-0.05, 0) is 43.2 Å². The van der Waals surface area contributed by atoms with Crippen molar-refractivity contribution in [2.24, 2.45) is 0 Å². The monoisotopic (exact) mass is 339 g/mol. The number of fused-ring (bicyclic) bond motifs is 1. The Balaban J connectivity index is 1.99. The number of rotatable bonds is 6. The van der Waals surface area contributed by atoms with Gasteiger partial charge in [0, 0.05) is 30.8 Å². The van der Waals surface area contributed by atoms with Crippen LogP contribution in [0.15, 0.2) is 54.9 Å². The van der Waals surface area contributed by atoms with Crippen LogP contribution in [0.2, 0.25) is 0 Å². The lowest BCUT2D eigenvalue weighted by molar-refractivity contribution is -0.121. The molecular weight excluding hydrogens is 317 g/mol. The lowest BCUT2D eigenvalue weighted by atomic mass is 9.92. The third kappa shape index (κ3) is 3.87. The standard InChI is InChI=1S/C20H22FN3O/c1-3-14(2)23-20(25)12-17(15-7-6-8-16(21)11-15)18-13-22-19-9-4-5-10-24(18)19/h4-11,13-14,17H,3,12H2,1-2H3,(H,23,25). The van der Waals surface area contributed by atoms with E-state index in [2.05, 4.69) is 10.3 Å². The van der Waals surface area contributed by atoms with E-state index in [0.29, 0.717) is 0 Å². The average Bonchev–Trinajstić information content (AvgIpc) is 3.03. The number of nitrogens with zero attached hydrogens (tertiary/aromatic N) is 2. The van der Waals surface area contributed by atoms with E-state index in [9.17, 15) is 9.18 Å². The molecule has 0 saturated carbocycles. The first-order valence-electron chi connectivity index (χ1n) is 8.55. The number of hydrogen-bond donors (Lipinski definition) is 1. The fraction of sp³-hybridized carbons (Fsp3) is 0.300. The highest BCUT2D eigenvalue weighted by Gasteiger charge is 2.22. The Morgan fingerprint density at radius 3 is 2.88 bits per heavy atom. The van der Waals surface area contributed by atoms with Crippen LogP contribution in [-0.2, 0) is 4.79 Å². The summed E-state index contributed by atoms with van der Waals surface area (Å²) < 4.78 is 15.7. The molecule has 0 aliphatic rings. The Kier molecular flexibility index (Phi) is 5.12. The van der Waals surface area contributed by atoms with Gasteiger partial charge in [-0.25, -0.2) is 9.37 Å². The maximum Gasteiger partial charge on any atom is 0.221 e. The average molecular weight is 339 g/mol. The van der Waals surface area contributed by atoms with Crippen molar-refractivity contribution in [2.45, 2.75) is 38.6 Å². The van der Waals surface area contributed by atoms with Crippen LogP contribution >= 0.6 is 0 Å². The van der Waals surface area contributed by atoms with Crippen molar-refractivity contribution in [1.29, 1.82) is 0 Å². The van der Waals surface area contributed by atoms with Crippen molar-refractivity contribution in [2.75, 3.05) is 0 Å². The van der Waals surface area contributed by atoms with Crippen LogP contribution in [0.5, 0.6) is 0 Å². The molecule has 0 saturated heterocycles. The number of pyridine rings is 1. The Morgan fingerprint density at radius 2 is 2.12 bits per heavy atom. The van der Waals surface area contributed by atoms with Gasteiger partial charge in [0.05, 0.1) is 5.69 Å². The van der Waals surface area contributed by atoms with Crippen molar-refractivity contribution in [3.8, 4) is 0 Å². The summed E-state index contributed by atoms with van der Waals surface area (Å²) in [6, 6.07) is 12.3. The van der Waals surface area contributed by atoms with Gasteiger partial charge in [0.2, 0.25) is 5.91 Å². The molecule has 2 aromatic heterocycles.